The van der Waals surface area contributed by atoms with Gasteiger partial charge < -0.3 is 10.4 Å². The van der Waals surface area contributed by atoms with Crippen LogP contribution in [-0.4, -0.2) is 28.0 Å². The summed E-state index contributed by atoms with van der Waals surface area (Å²) in [5.74, 6) is 1.15. The van der Waals surface area contributed by atoms with E-state index in [1.54, 1.807) is 0 Å². The van der Waals surface area contributed by atoms with Gasteiger partial charge in [-0.1, -0.05) is 19.8 Å². The molecule has 2 rings (SSSR count). The Morgan fingerprint density at radius 2 is 2.16 bits per heavy atom. The van der Waals surface area contributed by atoms with Gasteiger partial charge in [0.2, 0.25) is 0 Å². The normalized spacial score (nSPS) is 23.7. The zero-order valence-electron chi connectivity index (χ0n) is 12.0. The van der Waals surface area contributed by atoms with E-state index in [0.29, 0.717) is 18.4 Å². The van der Waals surface area contributed by atoms with Gasteiger partial charge in [0.15, 0.2) is 0 Å². The first-order valence-corrected chi connectivity index (χ1v) is 7.66. The summed E-state index contributed by atoms with van der Waals surface area (Å²) < 4.78 is 2.01. The predicted octanol–water partition coefficient (Wildman–Crippen LogP) is 2.18. The average Bonchev–Trinajstić information content (AvgIpc) is 2.87. The summed E-state index contributed by atoms with van der Waals surface area (Å²) in [4.78, 5) is 0. The summed E-state index contributed by atoms with van der Waals surface area (Å²) in [6, 6.07) is 0. The van der Waals surface area contributed by atoms with Crippen LogP contribution in [0.3, 0.4) is 0 Å². The summed E-state index contributed by atoms with van der Waals surface area (Å²) in [5, 5.41) is 17.3. The van der Waals surface area contributed by atoms with Crippen molar-refractivity contribution in [2.45, 2.75) is 52.1 Å². The summed E-state index contributed by atoms with van der Waals surface area (Å²) >= 11 is 0. The van der Waals surface area contributed by atoms with Crippen molar-refractivity contribution in [1.82, 2.24) is 15.1 Å². The van der Waals surface area contributed by atoms with Crippen LogP contribution >= 0.6 is 0 Å². The minimum atomic E-state index is 0.348. The van der Waals surface area contributed by atoms with E-state index in [-0.39, 0.29) is 0 Å². The SMILES string of the molecule is CCCn1cc(CNCC2CCCCC2CO)cn1. The molecule has 2 N–H and O–H groups in total. The Morgan fingerprint density at radius 1 is 1.37 bits per heavy atom. The van der Waals surface area contributed by atoms with Gasteiger partial charge in [0, 0.05) is 31.5 Å². The first-order valence-electron chi connectivity index (χ1n) is 7.66. The fourth-order valence-corrected chi connectivity index (χ4v) is 3.04. The topological polar surface area (TPSA) is 50.1 Å². The number of nitrogens with one attached hydrogen (secondary N) is 1. The number of nitrogens with zero attached hydrogens (tertiary/aromatic N) is 2. The van der Waals surface area contributed by atoms with Gasteiger partial charge in [-0.05, 0) is 37.6 Å². The van der Waals surface area contributed by atoms with Gasteiger partial charge in [0.05, 0.1) is 6.20 Å². The molecule has 0 amide bonds. The van der Waals surface area contributed by atoms with E-state index in [9.17, 15) is 5.11 Å². The lowest BCUT2D eigenvalue weighted by Crippen LogP contribution is -2.32. The van der Waals surface area contributed by atoms with E-state index in [1.807, 2.05) is 10.9 Å². The second-order valence-electron chi connectivity index (χ2n) is 5.73. The molecule has 1 aliphatic rings. The van der Waals surface area contributed by atoms with Crippen molar-refractivity contribution in [2.75, 3.05) is 13.2 Å². The van der Waals surface area contributed by atoms with Crippen LogP contribution in [0.2, 0.25) is 0 Å². The molecule has 0 aliphatic heterocycles. The molecule has 0 aromatic carbocycles. The van der Waals surface area contributed by atoms with Gasteiger partial charge in [-0.15, -0.1) is 0 Å². The van der Waals surface area contributed by atoms with Crippen molar-refractivity contribution in [3.05, 3.63) is 18.0 Å². The van der Waals surface area contributed by atoms with E-state index in [4.69, 9.17) is 0 Å². The van der Waals surface area contributed by atoms with Crippen molar-refractivity contribution in [3.63, 3.8) is 0 Å². The molecule has 2 unspecified atom stereocenters. The molecular formula is C15H27N3O. The van der Waals surface area contributed by atoms with E-state index >= 15 is 0 Å². The molecule has 0 radical (unpaired) electrons. The maximum Gasteiger partial charge on any atom is 0.0534 e. The second kappa shape index (κ2) is 7.65. The third-order valence-electron chi connectivity index (χ3n) is 4.18. The number of hydrogen-bond donors (Lipinski definition) is 2. The van der Waals surface area contributed by atoms with Gasteiger partial charge in [-0.25, -0.2) is 0 Å². The van der Waals surface area contributed by atoms with E-state index in [1.165, 1.54) is 31.2 Å². The number of rotatable bonds is 7. The van der Waals surface area contributed by atoms with Crippen molar-refractivity contribution in [1.29, 1.82) is 0 Å². The average molecular weight is 265 g/mol. The zero-order chi connectivity index (χ0) is 13.5. The Labute approximate surface area is 116 Å². The Bertz CT molecular complexity index is 364. The monoisotopic (exact) mass is 265 g/mol. The van der Waals surface area contributed by atoms with Gasteiger partial charge in [-0.2, -0.15) is 5.10 Å². The standard InChI is InChI=1S/C15H27N3O/c1-2-7-18-11-13(9-17-18)8-16-10-14-5-3-4-6-15(14)12-19/h9,11,14-16,19H,2-8,10,12H2,1H3. The lowest BCUT2D eigenvalue weighted by Gasteiger charge is -2.30. The number of aliphatic hydroxyl groups is 1. The first kappa shape index (κ1) is 14.5. The quantitative estimate of drug-likeness (QED) is 0.794. The zero-order valence-corrected chi connectivity index (χ0v) is 12.0. The van der Waals surface area contributed by atoms with Crippen LogP contribution in [0.25, 0.3) is 0 Å². The number of aliphatic hydroxyl groups excluding tert-OH is 1. The minimum absolute atomic E-state index is 0.348. The number of aryl methyl sites for hydroxylation is 1. The molecule has 4 heteroatoms. The van der Waals surface area contributed by atoms with E-state index in [2.05, 4.69) is 23.5 Å². The second-order valence-corrected chi connectivity index (χ2v) is 5.73. The molecule has 0 bridgehead atoms. The van der Waals surface area contributed by atoms with Gasteiger partial charge >= 0.3 is 0 Å². The maximum atomic E-state index is 9.40. The molecule has 4 nitrogen and oxygen atoms in total. The van der Waals surface area contributed by atoms with Crippen LogP contribution in [0.15, 0.2) is 12.4 Å². The van der Waals surface area contributed by atoms with Crippen molar-refractivity contribution < 1.29 is 5.11 Å². The molecule has 1 aromatic heterocycles. The highest BCUT2D eigenvalue weighted by Gasteiger charge is 2.23. The van der Waals surface area contributed by atoms with Crippen molar-refractivity contribution >= 4 is 0 Å². The number of hydrogen-bond acceptors (Lipinski definition) is 3. The van der Waals surface area contributed by atoms with Crippen LogP contribution in [0.4, 0.5) is 0 Å². The molecule has 1 fully saturated rings. The summed E-state index contributed by atoms with van der Waals surface area (Å²) in [6.07, 6.45) is 10.2. The predicted molar refractivity (Wildman–Crippen MR) is 76.8 cm³/mol. The van der Waals surface area contributed by atoms with Crippen LogP contribution in [-0.2, 0) is 13.1 Å². The Kier molecular flexibility index (Phi) is 5.86. The largest absolute Gasteiger partial charge is 0.396 e. The molecule has 1 aromatic rings. The number of aromatic nitrogens is 2. The molecule has 19 heavy (non-hydrogen) atoms. The maximum absolute atomic E-state index is 9.40. The smallest absolute Gasteiger partial charge is 0.0534 e. The molecular weight excluding hydrogens is 238 g/mol. The van der Waals surface area contributed by atoms with Crippen LogP contribution < -0.4 is 5.32 Å². The van der Waals surface area contributed by atoms with Crippen molar-refractivity contribution in [3.8, 4) is 0 Å². The van der Waals surface area contributed by atoms with E-state index in [0.717, 1.165) is 26.1 Å². The molecule has 108 valence electrons. The lowest BCUT2D eigenvalue weighted by atomic mass is 9.79. The van der Waals surface area contributed by atoms with Crippen LogP contribution in [0, 0.1) is 11.8 Å². The molecule has 0 spiro atoms. The summed E-state index contributed by atoms with van der Waals surface area (Å²) in [5.41, 5.74) is 1.25. The van der Waals surface area contributed by atoms with Gasteiger partial charge in [0.25, 0.3) is 0 Å². The Morgan fingerprint density at radius 3 is 2.89 bits per heavy atom. The summed E-state index contributed by atoms with van der Waals surface area (Å²) in [6.45, 7) is 5.41. The summed E-state index contributed by atoms with van der Waals surface area (Å²) in [7, 11) is 0. The molecule has 0 saturated heterocycles. The van der Waals surface area contributed by atoms with Gasteiger partial charge in [-0.3, -0.25) is 4.68 Å². The highest BCUT2D eigenvalue weighted by atomic mass is 16.3. The first-order chi connectivity index (χ1) is 9.33. The minimum Gasteiger partial charge on any atom is -0.396 e. The molecule has 1 heterocycles. The highest BCUT2D eigenvalue weighted by Crippen LogP contribution is 2.29. The molecule has 2 atom stereocenters. The lowest BCUT2D eigenvalue weighted by molar-refractivity contribution is 0.133. The van der Waals surface area contributed by atoms with E-state index < -0.39 is 0 Å². The molecule has 1 saturated carbocycles. The Hall–Kier alpha value is -0.870. The molecule has 1 aliphatic carbocycles. The Balaban J connectivity index is 1.72. The fourth-order valence-electron chi connectivity index (χ4n) is 3.04. The van der Waals surface area contributed by atoms with Gasteiger partial charge in [0.1, 0.15) is 0 Å². The fraction of sp³-hybridized carbons (Fsp3) is 0.800. The van der Waals surface area contributed by atoms with Crippen molar-refractivity contribution in [2.24, 2.45) is 11.8 Å². The van der Waals surface area contributed by atoms with Crippen LogP contribution in [0.1, 0.15) is 44.6 Å². The highest BCUT2D eigenvalue weighted by molar-refractivity contribution is 5.03. The third-order valence-corrected chi connectivity index (χ3v) is 4.18. The third kappa shape index (κ3) is 4.32. The van der Waals surface area contributed by atoms with Crippen LogP contribution in [0.5, 0.6) is 0 Å².